The number of nitrogens with zero attached hydrogens (tertiary/aromatic N) is 2. The highest BCUT2D eigenvalue weighted by Gasteiger charge is 2.25. The third-order valence-electron chi connectivity index (χ3n) is 5.37. The van der Waals surface area contributed by atoms with Gasteiger partial charge in [-0.05, 0) is 43.5 Å². The zero-order valence-corrected chi connectivity index (χ0v) is 15.6. The van der Waals surface area contributed by atoms with Gasteiger partial charge in [0, 0.05) is 30.8 Å². The molecule has 0 radical (unpaired) electrons. The molecule has 140 valence electrons. The fourth-order valence-corrected chi connectivity index (χ4v) is 3.79. The monoisotopic (exact) mass is 364 g/mol. The van der Waals surface area contributed by atoms with Crippen LogP contribution in [0.15, 0.2) is 53.0 Å². The van der Waals surface area contributed by atoms with Crippen LogP contribution in [-0.4, -0.2) is 47.3 Å². The molecule has 4 rings (SSSR count). The van der Waals surface area contributed by atoms with E-state index < -0.39 is 0 Å². The van der Waals surface area contributed by atoms with Crippen LogP contribution in [-0.2, 0) is 0 Å². The predicted octanol–water partition coefficient (Wildman–Crippen LogP) is 3.97. The Balaban J connectivity index is 1.48. The van der Waals surface area contributed by atoms with Crippen molar-refractivity contribution in [3.8, 4) is 11.3 Å². The summed E-state index contributed by atoms with van der Waals surface area (Å²) in [6.07, 6.45) is 7.16. The minimum Gasteiger partial charge on any atom is -0.451 e. The van der Waals surface area contributed by atoms with E-state index in [1.54, 1.807) is 6.07 Å². The van der Waals surface area contributed by atoms with Crippen molar-refractivity contribution in [2.75, 3.05) is 19.6 Å². The van der Waals surface area contributed by atoms with Crippen LogP contribution in [0.2, 0.25) is 0 Å². The molecule has 0 saturated carbocycles. The lowest BCUT2D eigenvalue weighted by Crippen LogP contribution is -2.35. The topological polar surface area (TPSA) is 53.8 Å². The van der Waals surface area contributed by atoms with Crippen LogP contribution < -0.4 is 0 Å². The lowest BCUT2D eigenvalue weighted by atomic mass is 10.1. The first-order chi connectivity index (χ1) is 13.2. The van der Waals surface area contributed by atoms with Crippen molar-refractivity contribution in [1.29, 1.82) is 0 Å². The van der Waals surface area contributed by atoms with E-state index in [1.807, 2.05) is 46.2 Å². The predicted molar refractivity (Wildman–Crippen MR) is 104 cm³/mol. The Hall–Kier alpha value is -2.82. The number of carbonyl (C=O) groups is 2. The van der Waals surface area contributed by atoms with Crippen molar-refractivity contribution in [2.24, 2.45) is 0 Å². The van der Waals surface area contributed by atoms with Crippen molar-refractivity contribution in [2.45, 2.75) is 32.2 Å². The molecule has 1 saturated heterocycles. The van der Waals surface area contributed by atoms with Gasteiger partial charge in [-0.2, -0.15) is 0 Å². The van der Waals surface area contributed by atoms with Crippen LogP contribution >= 0.6 is 0 Å². The van der Waals surface area contributed by atoms with E-state index in [0.717, 1.165) is 37.9 Å². The van der Waals surface area contributed by atoms with Gasteiger partial charge in [0.05, 0.1) is 6.04 Å². The number of carbonyl (C=O) groups excluding carboxylic acids is 2. The second-order valence-corrected chi connectivity index (χ2v) is 7.10. The van der Waals surface area contributed by atoms with E-state index in [4.69, 9.17) is 4.42 Å². The van der Waals surface area contributed by atoms with Gasteiger partial charge in [-0.15, -0.1) is 0 Å². The molecule has 0 bridgehead atoms. The minimum atomic E-state index is -0.0438. The van der Waals surface area contributed by atoms with Crippen LogP contribution in [0.1, 0.15) is 47.1 Å². The number of hydrogen-bond acceptors (Lipinski definition) is 3. The van der Waals surface area contributed by atoms with Crippen molar-refractivity contribution >= 4 is 11.8 Å². The van der Waals surface area contributed by atoms with Crippen LogP contribution in [0.25, 0.3) is 11.3 Å². The zero-order chi connectivity index (χ0) is 18.8. The summed E-state index contributed by atoms with van der Waals surface area (Å²) in [4.78, 5) is 28.8. The molecular formula is C22H24N2O3. The van der Waals surface area contributed by atoms with Gasteiger partial charge in [0.25, 0.3) is 11.8 Å². The molecule has 2 aromatic rings. The molecule has 3 heterocycles. The van der Waals surface area contributed by atoms with Crippen molar-refractivity contribution in [3.63, 3.8) is 0 Å². The fourth-order valence-electron chi connectivity index (χ4n) is 3.79. The summed E-state index contributed by atoms with van der Waals surface area (Å²) in [7, 11) is 0. The summed E-state index contributed by atoms with van der Waals surface area (Å²) in [5.41, 5.74) is 1.53. The van der Waals surface area contributed by atoms with E-state index in [0.29, 0.717) is 23.6 Å². The number of amides is 2. The first-order valence-corrected chi connectivity index (χ1v) is 9.64. The van der Waals surface area contributed by atoms with Crippen molar-refractivity contribution in [1.82, 2.24) is 9.80 Å². The minimum absolute atomic E-state index is 0.0438. The first-order valence-electron chi connectivity index (χ1n) is 9.64. The maximum atomic E-state index is 12.7. The molecule has 2 aliphatic heterocycles. The molecule has 5 nitrogen and oxygen atoms in total. The maximum absolute atomic E-state index is 12.7. The standard InChI is InChI=1S/C22H24N2O3/c1-2-18-6-5-15-24(18)21(25)17-9-7-16(8-10-17)19-11-12-20(27-19)22(26)23-13-3-4-14-23/h5-12,18H,2-4,13-15H2,1H3. The van der Waals surface area contributed by atoms with Crippen LogP contribution in [0.3, 0.4) is 0 Å². The smallest absolute Gasteiger partial charge is 0.289 e. The van der Waals surface area contributed by atoms with Gasteiger partial charge < -0.3 is 14.2 Å². The Kier molecular flexibility index (Phi) is 4.84. The summed E-state index contributed by atoms with van der Waals surface area (Å²) in [5, 5.41) is 0. The normalized spacial score (nSPS) is 19.1. The highest BCUT2D eigenvalue weighted by molar-refractivity contribution is 5.95. The zero-order valence-electron chi connectivity index (χ0n) is 15.6. The van der Waals surface area contributed by atoms with E-state index in [1.165, 1.54) is 0 Å². The molecule has 0 spiro atoms. The van der Waals surface area contributed by atoms with E-state index >= 15 is 0 Å². The Morgan fingerprint density at radius 3 is 2.48 bits per heavy atom. The highest BCUT2D eigenvalue weighted by atomic mass is 16.4. The first kappa shape index (κ1) is 17.6. The number of furan rings is 1. The van der Waals surface area contributed by atoms with Gasteiger partial charge in [-0.25, -0.2) is 0 Å². The van der Waals surface area contributed by atoms with Crippen LogP contribution in [0, 0.1) is 0 Å². The quantitative estimate of drug-likeness (QED) is 0.771. The summed E-state index contributed by atoms with van der Waals surface area (Å²) in [6, 6.07) is 11.1. The molecule has 1 unspecified atom stereocenters. The van der Waals surface area contributed by atoms with Crippen LogP contribution in [0.5, 0.6) is 0 Å². The fraction of sp³-hybridized carbons (Fsp3) is 0.364. The largest absolute Gasteiger partial charge is 0.451 e. The molecule has 5 heteroatoms. The number of likely N-dealkylation sites (tertiary alicyclic amines) is 1. The Bertz CT molecular complexity index is 860. The molecule has 0 aliphatic carbocycles. The lowest BCUT2D eigenvalue weighted by molar-refractivity contribution is 0.0745. The van der Waals surface area contributed by atoms with Gasteiger partial charge in [-0.1, -0.05) is 31.2 Å². The van der Waals surface area contributed by atoms with Crippen molar-refractivity contribution in [3.05, 3.63) is 59.9 Å². The van der Waals surface area contributed by atoms with E-state index in [-0.39, 0.29) is 17.9 Å². The average molecular weight is 364 g/mol. The lowest BCUT2D eigenvalue weighted by Gasteiger charge is -2.23. The van der Waals surface area contributed by atoms with Gasteiger partial charge in [-0.3, -0.25) is 9.59 Å². The highest BCUT2D eigenvalue weighted by Crippen LogP contribution is 2.25. The third-order valence-corrected chi connectivity index (χ3v) is 5.37. The molecule has 1 aromatic carbocycles. The maximum Gasteiger partial charge on any atom is 0.289 e. The van der Waals surface area contributed by atoms with Gasteiger partial charge in [0.15, 0.2) is 5.76 Å². The van der Waals surface area contributed by atoms with Crippen LogP contribution in [0.4, 0.5) is 0 Å². The number of hydrogen-bond donors (Lipinski definition) is 0. The SMILES string of the molecule is CCC1C=CCN1C(=O)c1ccc(-c2ccc(C(=O)N3CCCC3)o2)cc1. The summed E-state index contributed by atoms with van der Waals surface area (Å²) in [6.45, 7) is 4.35. The Morgan fingerprint density at radius 2 is 1.78 bits per heavy atom. The Labute approximate surface area is 159 Å². The number of rotatable bonds is 4. The molecule has 1 aromatic heterocycles. The molecule has 27 heavy (non-hydrogen) atoms. The Morgan fingerprint density at radius 1 is 1.04 bits per heavy atom. The summed E-state index contributed by atoms with van der Waals surface area (Å²) >= 11 is 0. The van der Waals surface area contributed by atoms with Crippen molar-refractivity contribution < 1.29 is 14.0 Å². The number of benzene rings is 1. The molecular weight excluding hydrogens is 340 g/mol. The molecule has 0 N–H and O–H groups in total. The average Bonchev–Trinajstić information content (AvgIpc) is 3.48. The van der Waals surface area contributed by atoms with E-state index in [2.05, 4.69) is 13.0 Å². The van der Waals surface area contributed by atoms with Gasteiger partial charge in [0.2, 0.25) is 0 Å². The molecule has 1 fully saturated rings. The van der Waals surface area contributed by atoms with Gasteiger partial charge >= 0.3 is 0 Å². The third kappa shape index (κ3) is 3.42. The summed E-state index contributed by atoms with van der Waals surface area (Å²) in [5.74, 6) is 1.02. The summed E-state index contributed by atoms with van der Waals surface area (Å²) < 4.78 is 5.78. The molecule has 1 atom stereocenters. The molecule has 2 amide bonds. The second kappa shape index (κ2) is 7.43. The van der Waals surface area contributed by atoms with Gasteiger partial charge in [0.1, 0.15) is 5.76 Å². The van der Waals surface area contributed by atoms with E-state index in [9.17, 15) is 9.59 Å². The molecule has 2 aliphatic rings. The second-order valence-electron chi connectivity index (χ2n) is 7.10.